The van der Waals surface area contributed by atoms with Gasteiger partial charge in [-0.2, -0.15) is 0 Å². The Morgan fingerprint density at radius 2 is 2.33 bits per heavy atom. The maximum atomic E-state index is 13.5. The Labute approximate surface area is 123 Å². The molecule has 0 aliphatic carbocycles. The minimum atomic E-state index is -3.48. The Morgan fingerprint density at radius 3 is 2.95 bits per heavy atom. The third-order valence-electron chi connectivity index (χ3n) is 3.12. The molecule has 2 rings (SSSR count). The summed E-state index contributed by atoms with van der Waals surface area (Å²) in [5, 5.41) is 3.07. The van der Waals surface area contributed by atoms with Crippen molar-refractivity contribution < 1.29 is 22.3 Å². The van der Waals surface area contributed by atoms with Gasteiger partial charge in [0.25, 0.3) is 0 Å². The normalized spacial score (nSPS) is 19.4. The number of ether oxygens (including phenoxy) is 2. The lowest BCUT2D eigenvalue weighted by Crippen LogP contribution is -2.44. The highest BCUT2D eigenvalue weighted by atomic mass is 32.2. The number of benzene rings is 1. The van der Waals surface area contributed by atoms with Crippen LogP contribution >= 0.6 is 0 Å². The summed E-state index contributed by atoms with van der Waals surface area (Å²) in [4.78, 5) is 0. The molecule has 21 heavy (non-hydrogen) atoms. The van der Waals surface area contributed by atoms with Crippen LogP contribution in [-0.2, 0) is 21.3 Å². The maximum absolute atomic E-state index is 13.5. The lowest BCUT2D eigenvalue weighted by molar-refractivity contribution is 0.0429. The van der Waals surface area contributed by atoms with E-state index in [2.05, 4.69) is 10.0 Å². The highest BCUT2D eigenvalue weighted by molar-refractivity contribution is 7.89. The van der Waals surface area contributed by atoms with Gasteiger partial charge in [0, 0.05) is 19.6 Å². The molecule has 0 amide bonds. The van der Waals surface area contributed by atoms with Crippen molar-refractivity contribution in [2.24, 2.45) is 0 Å². The van der Waals surface area contributed by atoms with Crippen molar-refractivity contribution >= 4 is 10.0 Å². The molecule has 1 atom stereocenters. The predicted molar refractivity (Wildman–Crippen MR) is 76.2 cm³/mol. The van der Waals surface area contributed by atoms with Gasteiger partial charge in [-0.05, 0) is 17.7 Å². The number of halogens is 1. The van der Waals surface area contributed by atoms with Crippen LogP contribution in [-0.4, -0.2) is 47.1 Å². The molecule has 1 saturated heterocycles. The Morgan fingerprint density at radius 1 is 1.52 bits per heavy atom. The molecule has 0 aromatic heterocycles. The second-order valence-electron chi connectivity index (χ2n) is 4.77. The minimum absolute atomic E-state index is 0.0311. The van der Waals surface area contributed by atoms with E-state index in [-0.39, 0.29) is 24.2 Å². The van der Waals surface area contributed by atoms with E-state index in [0.717, 1.165) is 6.54 Å². The highest BCUT2D eigenvalue weighted by Crippen LogP contribution is 2.17. The fourth-order valence-electron chi connectivity index (χ4n) is 2.04. The van der Waals surface area contributed by atoms with Crippen LogP contribution in [0.15, 0.2) is 18.2 Å². The standard InChI is InChI=1S/C13H19FN2O4S/c1-19-13-3-2-10(6-12(13)14)7-16-21(17,18)9-11-8-15-4-5-20-11/h2-3,6,11,15-16H,4-5,7-9H2,1H3. The summed E-state index contributed by atoms with van der Waals surface area (Å²) in [6.45, 7) is 1.78. The second kappa shape index (κ2) is 7.17. The molecule has 0 saturated carbocycles. The van der Waals surface area contributed by atoms with Crippen molar-refractivity contribution in [3.63, 3.8) is 0 Å². The van der Waals surface area contributed by atoms with Gasteiger partial charge in [-0.15, -0.1) is 0 Å². The summed E-state index contributed by atoms with van der Waals surface area (Å²) >= 11 is 0. The van der Waals surface area contributed by atoms with Gasteiger partial charge in [-0.3, -0.25) is 0 Å². The third kappa shape index (κ3) is 4.92. The van der Waals surface area contributed by atoms with Crippen LogP contribution in [0.5, 0.6) is 5.75 Å². The fraction of sp³-hybridized carbons (Fsp3) is 0.538. The van der Waals surface area contributed by atoms with E-state index < -0.39 is 15.8 Å². The van der Waals surface area contributed by atoms with Gasteiger partial charge in [0.05, 0.1) is 25.6 Å². The van der Waals surface area contributed by atoms with E-state index >= 15 is 0 Å². The number of rotatable bonds is 6. The number of hydrogen-bond donors (Lipinski definition) is 2. The summed E-state index contributed by atoms with van der Waals surface area (Å²) in [6, 6.07) is 4.33. The number of hydrogen-bond acceptors (Lipinski definition) is 5. The number of morpholine rings is 1. The zero-order valence-electron chi connectivity index (χ0n) is 11.8. The Kier molecular flexibility index (Phi) is 5.51. The van der Waals surface area contributed by atoms with E-state index in [1.54, 1.807) is 6.07 Å². The van der Waals surface area contributed by atoms with Gasteiger partial charge < -0.3 is 14.8 Å². The van der Waals surface area contributed by atoms with Gasteiger partial charge in [0.2, 0.25) is 10.0 Å². The molecule has 1 fully saturated rings. The largest absolute Gasteiger partial charge is 0.494 e. The van der Waals surface area contributed by atoms with E-state index in [0.29, 0.717) is 18.7 Å². The summed E-state index contributed by atoms with van der Waals surface area (Å²) < 4.78 is 50.0. The van der Waals surface area contributed by atoms with Crippen molar-refractivity contribution in [1.82, 2.24) is 10.0 Å². The summed E-state index contributed by atoms with van der Waals surface area (Å²) in [5.74, 6) is -0.504. The molecule has 0 radical (unpaired) electrons. The van der Waals surface area contributed by atoms with Crippen LogP contribution in [0.1, 0.15) is 5.56 Å². The van der Waals surface area contributed by atoms with Crippen molar-refractivity contribution in [2.45, 2.75) is 12.6 Å². The van der Waals surface area contributed by atoms with E-state index in [4.69, 9.17) is 9.47 Å². The maximum Gasteiger partial charge on any atom is 0.214 e. The van der Waals surface area contributed by atoms with Crippen LogP contribution in [0.4, 0.5) is 4.39 Å². The zero-order chi connectivity index (χ0) is 15.3. The van der Waals surface area contributed by atoms with Gasteiger partial charge in [0.15, 0.2) is 11.6 Å². The van der Waals surface area contributed by atoms with Gasteiger partial charge in [0.1, 0.15) is 0 Å². The topological polar surface area (TPSA) is 76.7 Å². The van der Waals surface area contributed by atoms with Crippen molar-refractivity contribution in [1.29, 1.82) is 0 Å². The van der Waals surface area contributed by atoms with E-state index in [1.165, 1.54) is 19.2 Å². The molecule has 0 spiro atoms. The van der Waals surface area contributed by atoms with Crippen molar-refractivity contribution in [2.75, 3.05) is 32.6 Å². The average Bonchev–Trinajstić information content (AvgIpc) is 2.46. The Hall–Kier alpha value is -1.22. The van der Waals surface area contributed by atoms with Gasteiger partial charge >= 0.3 is 0 Å². The first-order valence-corrected chi connectivity index (χ1v) is 8.27. The fourth-order valence-corrected chi connectivity index (χ4v) is 3.25. The summed E-state index contributed by atoms with van der Waals surface area (Å²) in [5.41, 5.74) is 0.527. The molecule has 1 aliphatic heterocycles. The molecule has 1 unspecified atom stereocenters. The first-order chi connectivity index (χ1) is 10.00. The SMILES string of the molecule is COc1ccc(CNS(=O)(=O)CC2CNCCO2)cc1F. The van der Waals surface area contributed by atoms with E-state index in [9.17, 15) is 12.8 Å². The molecule has 6 nitrogen and oxygen atoms in total. The minimum Gasteiger partial charge on any atom is -0.494 e. The van der Waals surface area contributed by atoms with Crippen LogP contribution in [0, 0.1) is 5.82 Å². The second-order valence-corrected chi connectivity index (χ2v) is 6.62. The van der Waals surface area contributed by atoms with Crippen LogP contribution < -0.4 is 14.8 Å². The molecular weight excluding hydrogens is 299 g/mol. The Balaban J connectivity index is 1.90. The molecule has 1 aromatic carbocycles. The molecular formula is C13H19FN2O4S. The smallest absolute Gasteiger partial charge is 0.214 e. The van der Waals surface area contributed by atoms with Crippen LogP contribution in [0.2, 0.25) is 0 Å². The molecule has 118 valence electrons. The van der Waals surface area contributed by atoms with Crippen LogP contribution in [0.25, 0.3) is 0 Å². The quantitative estimate of drug-likeness (QED) is 0.786. The third-order valence-corrected chi connectivity index (χ3v) is 4.52. The zero-order valence-corrected chi connectivity index (χ0v) is 12.6. The predicted octanol–water partition coefficient (Wildman–Crippen LogP) is 0.242. The molecule has 1 aliphatic rings. The highest BCUT2D eigenvalue weighted by Gasteiger charge is 2.21. The van der Waals surface area contributed by atoms with Crippen LogP contribution in [0.3, 0.4) is 0 Å². The molecule has 1 aromatic rings. The molecule has 1 heterocycles. The summed E-state index contributed by atoms with van der Waals surface area (Å²) in [7, 11) is -2.10. The molecule has 2 N–H and O–H groups in total. The monoisotopic (exact) mass is 318 g/mol. The van der Waals surface area contributed by atoms with E-state index in [1.807, 2.05) is 0 Å². The first kappa shape index (κ1) is 16.2. The van der Waals surface area contributed by atoms with Crippen molar-refractivity contribution in [3.05, 3.63) is 29.6 Å². The van der Waals surface area contributed by atoms with Gasteiger partial charge in [-0.25, -0.2) is 17.5 Å². The lowest BCUT2D eigenvalue weighted by atomic mass is 10.2. The number of methoxy groups -OCH3 is 1. The molecule has 8 heteroatoms. The summed E-state index contributed by atoms with van der Waals surface area (Å²) in [6.07, 6.45) is -0.358. The molecule has 0 bridgehead atoms. The van der Waals surface area contributed by atoms with Crippen molar-refractivity contribution in [3.8, 4) is 5.75 Å². The first-order valence-electron chi connectivity index (χ1n) is 6.62. The Bertz CT molecular complexity index is 574. The number of sulfonamides is 1. The van der Waals surface area contributed by atoms with Gasteiger partial charge in [-0.1, -0.05) is 6.07 Å². The number of nitrogens with one attached hydrogen (secondary N) is 2. The average molecular weight is 318 g/mol. The lowest BCUT2D eigenvalue weighted by Gasteiger charge is -2.23.